The minimum Gasteiger partial charge on any atom is -0.508 e. The van der Waals surface area contributed by atoms with Gasteiger partial charge in [0.05, 0.1) is 18.7 Å². The lowest BCUT2D eigenvalue weighted by atomic mass is 10.00. The first kappa shape index (κ1) is 38.7. The second kappa shape index (κ2) is 18.0. The van der Waals surface area contributed by atoms with E-state index in [4.69, 9.17) is 17.2 Å². The zero-order valence-electron chi connectivity index (χ0n) is 26.8. The van der Waals surface area contributed by atoms with E-state index >= 15 is 0 Å². The molecule has 0 radical (unpaired) electrons. The van der Waals surface area contributed by atoms with Crippen LogP contribution in [0.1, 0.15) is 52.0 Å². The Labute approximate surface area is 272 Å². The average molecular weight is 667 g/mol. The first-order chi connectivity index (χ1) is 22.0. The highest BCUT2D eigenvalue weighted by molar-refractivity contribution is 5.96. The number of halogens is 1. The molecule has 0 aromatic heterocycles. The summed E-state index contributed by atoms with van der Waals surface area (Å²) in [4.78, 5) is 69.8. The van der Waals surface area contributed by atoms with Gasteiger partial charge < -0.3 is 53.4 Å². The number of nitrogens with one attached hydrogen (secondary N) is 3. The molecule has 0 unspecified atom stereocenters. The van der Waals surface area contributed by atoms with Gasteiger partial charge in [0.1, 0.15) is 30.0 Å². The number of aromatic hydroxyl groups is 1. The number of alkyl halides is 1. The van der Waals surface area contributed by atoms with Crippen LogP contribution in [0.4, 0.5) is 4.39 Å². The van der Waals surface area contributed by atoms with Crippen LogP contribution in [0, 0.1) is 5.92 Å². The third kappa shape index (κ3) is 12.3. The molecule has 47 heavy (non-hydrogen) atoms. The number of rotatable bonds is 17. The number of carboxylic acid groups (broad SMARTS) is 1. The molecule has 4 amide bonds. The molecule has 16 nitrogen and oxygen atoms in total. The van der Waals surface area contributed by atoms with Gasteiger partial charge in [-0.2, -0.15) is 0 Å². The largest absolute Gasteiger partial charge is 0.508 e. The van der Waals surface area contributed by atoms with Crippen LogP contribution >= 0.6 is 0 Å². The molecular weight excluding hydrogens is 619 g/mol. The molecule has 1 aromatic rings. The van der Waals surface area contributed by atoms with E-state index < -0.39 is 85.0 Å². The number of phenols is 1. The van der Waals surface area contributed by atoms with Crippen molar-refractivity contribution in [1.82, 2.24) is 20.9 Å². The lowest BCUT2D eigenvalue weighted by Crippen LogP contribution is -2.59. The van der Waals surface area contributed by atoms with E-state index in [0.29, 0.717) is 12.0 Å². The van der Waals surface area contributed by atoms with Gasteiger partial charge in [0.25, 0.3) is 0 Å². The van der Waals surface area contributed by atoms with Gasteiger partial charge in [-0.1, -0.05) is 26.0 Å². The fourth-order valence-electron chi connectivity index (χ4n) is 5.09. The monoisotopic (exact) mass is 666 g/mol. The normalized spacial score (nSPS) is 19.2. The van der Waals surface area contributed by atoms with Gasteiger partial charge in [0.15, 0.2) is 12.0 Å². The predicted molar refractivity (Wildman–Crippen MR) is 169 cm³/mol. The number of carboxylic acids is 1. The number of benzene rings is 1. The lowest BCUT2D eigenvalue weighted by molar-refractivity contribution is -0.147. The molecule has 1 aliphatic rings. The Morgan fingerprint density at radius 2 is 1.64 bits per heavy atom. The number of carbonyl (C=O) groups is 5. The van der Waals surface area contributed by atoms with Gasteiger partial charge in [-0.25, -0.2) is 9.18 Å². The number of hydrogen-bond acceptors (Lipinski definition) is 9. The second-order valence-corrected chi connectivity index (χ2v) is 12.1. The van der Waals surface area contributed by atoms with E-state index in [1.54, 1.807) is 26.0 Å². The Bertz CT molecular complexity index is 1270. The van der Waals surface area contributed by atoms with Crippen molar-refractivity contribution in [3.63, 3.8) is 0 Å². The summed E-state index contributed by atoms with van der Waals surface area (Å²) < 4.78 is 14.6. The topological polar surface area (TPSA) is 276 Å². The number of phenolic OH excluding ortho intramolecular Hbond substituents is 1. The summed E-state index contributed by atoms with van der Waals surface area (Å²) >= 11 is 0. The number of hydrogen-bond donors (Lipinski definition) is 9. The first-order valence-electron chi connectivity index (χ1n) is 15.4. The van der Waals surface area contributed by atoms with Gasteiger partial charge in [-0.05, 0) is 49.8 Å². The molecule has 1 aromatic carbocycles. The summed E-state index contributed by atoms with van der Waals surface area (Å²) in [7, 11) is 0. The summed E-state index contributed by atoms with van der Waals surface area (Å²) in [6.07, 6.45) is -2.85. The SMILES string of the molecule is CC(C)C[C@H](NC(=O)[C@H](Cc1ccc(O)cc1)NC(=O)[C@@H](N)CCCN=C(N)N)C(=O)N1C[C@@H](F)C[C@H]1C(=O)N[C@H](C(=O)O)[C@@H](C)O. The Morgan fingerprint density at radius 3 is 2.19 bits per heavy atom. The van der Waals surface area contributed by atoms with Crippen LogP contribution in [-0.4, -0.2) is 111 Å². The number of aliphatic hydroxyl groups excluding tert-OH is 1. The number of amides is 4. The molecule has 2 rings (SSSR count). The van der Waals surface area contributed by atoms with E-state index in [-0.39, 0.29) is 43.4 Å². The van der Waals surface area contributed by atoms with Crippen molar-refractivity contribution in [2.24, 2.45) is 28.1 Å². The van der Waals surface area contributed by atoms with Crippen molar-refractivity contribution in [2.75, 3.05) is 13.1 Å². The molecule has 0 spiro atoms. The van der Waals surface area contributed by atoms with Crippen LogP contribution in [0.2, 0.25) is 0 Å². The minimum absolute atomic E-state index is 0.0114. The standard InChI is InChI=1S/C30H47FN8O8/c1-15(2)11-22(28(45)39-14-18(31)13-23(39)27(44)38-24(16(3)40)29(46)47)37-26(43)21(12-17-6-8-19(41)9-7-17)36-25(42)20(32)5-4-10-35-30(33)34/h6-9,15-16,18,20-24,40-41H,4-5,10-14,32H2,1-3H3,(H,36,42)(H,37,43)(H,38,44)(H,46,47)(H4,33,34,35)/t16-,18+,20+,21+,22+,23+,24+/m1/s1. The van der Waals surface area contributed by atoms with Gasteiger partial charge in [-0.15, -0.1) is 0 Å². The molecule has 0 bridgehead atoms. The molecule has 7 atom stereocenters. The lowest BCUT2D eigenvalue weighted by Gasteiger charge is -2.31. The van der Waals surface area contributed by atoms with E-state index in [1.165, 1.54) is 12.1 Å². The van der Waals surface area contributed by atoms with Gasteiger partial charge in [-0.3, -0.25) is 24.2 Å². The van der Waals surface area contributed by atoms with Gasteiger partial charge in [0, 0.05) is 19.4 Å². The first-order valence-corrected chi connectivity index (χ1v) is 15.4. The third-order valence-electron chi connectivity index (χ3n) is 7.52. The number of aliphatic imine (C=N–C) groups is 1. The highest BCUT2D eigenvalue weighted by Gasteiger charge is 2.44. The maximum Gasteiger partial charge on any atom is 0.328 e. The molecule has 12 N–H and O–H groups in total. The van der Waals surface area contributed by atoms with Crippen molar-refractivity contribution < 1.29 is 43.7 Å². The van der Waals surface area contributed by atoms with Gasteiger partial charge >= 0.3 is 5.97 Å². The Kier molecular flexibility index (Phi) is 14.8. The summed E-state index contributed by atoms with van der Waals surface area (Å²) in [5.74, 6) is -4.93. The number of nitrogens with zero attached hydrogens (tertiary/aromatic N) is 2. The number of aliphatic hydroxyl groups is 1. The molecular formula is C30H47FN8O8. The number of guanidine groups is 1. The van der Waals surface area contributed by atoms with E-state index in [9.17, 15) is 43.7 Å². The van der Waals surface area contributed by atoms with Crippen molar-refractivity contribution in [3.8, 4) is 5.75 Å². The van der Waals surface area contributed by atoms with Crippen LogP contribution in [0.3, 0.4) is 0 Å². The molecule has 1 fully saturated rings. The van der Waals surface area contributed by atoms with Crippen molar-refractivity contribution in [1.29, 1.82) is 0 Å². The fraction of sp³-hybridized carbons (Fsp3) is 0.600. The van der Waals surface area contributed by atoms with Crippen molar-refractivity contribution in [3.05, 3.63) is 29.8 Å². The smallest absolute Gasteiger partial charge is 0.328 e. The van der Waals surface area contributed by atoms with E-state index in [0.717, 1.165) is 11.8 Å². The van der Waals surface area contributed by atoms with Crippen LogP contribution in [0.5, 0.6) is 5.75 Å². The summed E-state index contributed by atoms with van der Waals surface area (Å²) in [6.45, 7) is 4.50. The van der Waals surface area contributed by atoms with Crippen LogP contribution in [-0.2, 0) is 30.4 Å². The van der Waals surface area contributed by atoms with Crippen molar-refractivity contribution >= 4 is 35.6 Å². The zero-order valence-corrected chi connectivity index (χ0v) is 26.8. The van der Waals surface area contributed by atoms with E-state index in [1.807, 2.05) is 0 Å². The molecule has 0 aliphatic carbocycles. The number of carbonyl (C=O) groups excluding carboxylic acids is 4. The van der Waals surface area contributed by atoms with Crippen LogP contribution in [0.15, 0.2) is 29.3 Å². The van der Waals surface area contributed by atoms with Crippen LogP contribution in [0.25, 0.3) is 0 Å². The van der Waals surface area contributed by atoms with Gasteiger partial charge in [0.2, 0.25) is 23.6 Å². The highest BCUT2D eigenvalue weighted by atomic mass is 19.1. The quantitative estimate of drug-likeness (QED) is 0.0509. The molecule has 1 aliphatic heterocycles. The fourth-order valence-corrected chi connectivity index (χ4v) is 5.09. The Morgan fingerprint density at radius 1 is 1.02 bits per heavy atom. The van der Waals surface area contributed by atoms with Crippen molar-refractivity contribution in [2.45, 2.75) is 95.4 Å². The summed E-state index contributed by atoms with van der Waals surface area (Å²) in [5, 5.41) is 36.2. The number of aliphatic carboxylic acids is 1. The zero-order chi connectivity index (χ0) is 35.4. The van der Waals surface area contributed by atoms with Crippen LogP contribution < -0.4 is 33.2 Å². The van der Waals surface area contributed by atoms with E-state index in [2.05, 4.69) is 20.9 Å². The average Bonchev–Trinajstić information content (AvgIpc) is 3.38. The number of nitrogens with two attached hydrogens (primary N) is 3. The maximum absolute atomic E-state index is 14.6. The molecule has 1 saturated heterocycles. The summed E-state index contributed by atoms with van der Waals surface area (Å²) in [5.41, 5.74) is 17.2. The summed E-state index contributed by atoms with van der Waals surface area (Å²) in [6, 6.07) is -0.652. The highest BCUT2D eigenvalue weighted by Crippen LogP contribution is 2.23. The molecule has 0 saturated carbocycles. The number of likely N-dealkylation sites (tertiary alicyclic amines) is 1. The Hall–Kier alpha value is -4.51. The molecule has 17 heteroatoms. The second-order valence-electron chi connectivity index (χ2n) is 12.1. The minimum atomic E-state index is -1.69. The Balaban J connectivity index is 2.29. The maximum atomic E-state index is 14.6. The predicted octanol–water partition coefficient (Wildman–Crippen LogP) is -1.78. The molecule has 1 heterocycles. The molecule has 262 valence electrons. The third-order valence-corrected chi connectivity index (χ3v) is 7.52.